The fourth-order valence-corrected chi connectivity index (χ4v) is 2.29. The van der Waals surface area contributed by atoms with Crippen LogP contribution in [-0.4, -0.2) is 11.1 Å². The van der Waals surface area contributed by atoms with Crippen molar-refractivity contribution in [3.8, 4) is 5.75 Å². The molecule has 0 amide bonds. The number of rotatable bonds is 5. The fourth-order valence-electron chi connectivity index (χ4n) is 1.46. The van der Waals surface area contributed by atoms with Crippen LogP contribution in [-0.2, 0) is 11.4 Å². The molecule has 20 heavy (non-hydrogen) atoms. The van der Waals surface area contributed by atoms with Gasteiger partial charge in [0.1, 0.15) is 12.4 Å². The molecule has 2 rings (SSSR count). The van der Waals surface area contributed by atoms with Crippen LogP contribution >= 0.6 is 11.3 Å². The summed E-state index contributed by atoms with van der Waals surface area (Å²) in [6, 6.07) is 6.60. The van der Waals surface area contributed by atoms with E-state index in [0.717, 1.165) is 28.0 Å². The lowest BCUT2D eigenvalue weighted by Crippen LogP contribution is -1.95. The summed E-state index contributed by atoms with van der Waals surface area (Å²) in [5.41, 5.74) is 0. The first kappa shape index (κ1) is 14.2. The molecule has 104 valence electrons. The van der Waals surface area contributed by atoms with Crippen LogP contribution in [0.5, 0.6) is 5.75 Å². The van der Waals surface area contributed by atoms with Gasteiger partial charge in [-0.25, -0.2) is 13.6 Å². The van der Waals surface area contributed by atoms with Crippen LogP contribution in [0.2, 0.25) is 0 Å². The van der Waals surface area contributed by atoms with Crippen molar-refractivity contribution in [3.05, 3.63) is 57.8 Å². The van der Waals surface area contributed by atoms with Gasteiger partial charge in [-0.1, -0.05) is 0 Å². The minimum atomic E-state index is -1.02. The van der Waals surface area contributed by atoms with Crippen LogP contribution < -0.4 is 4.74 Å². The molecule has 1 aromatic heterocycles. The molecule has 2 aromatic rings. The molecule has 0 bridgehead atoms. The standard InChI is InChI=1S/C14H10F2O3S/c15-9-1-5-13(12(16)7-9)19-8-11-3-2-10(20-11)4-6-14(17)18/h1-7H,8H2,(H,17,18). The average Bonchev–Trinajstić information content (AvgIpc) is 2.83. The Hall–Kier alpha value is -2.21. The second kappa shape index (κ2) is 6.29. The number of carboxylic acids is 1. The third-order valence-electron chi connectivity index (χ3n) is 2.34. The lowest BCUT2D eigenvalue weighted by atomic mass is 10.3. The smallest absolute Gasteiger partial charge is 0.328 e. The topological polar surface area (TPSA) is 46.5 Å². The quantitative estimate of drug-likeness (QED) is 0.856. The van der Waals surface area contributed by atoms with E-state index in [-0.39, 0.29) is 12.4 Å². The normalized spacial score (nSPS) is 10.9. The molecule has 1 N–H and O–H groups in total. The Morgan fingerprint density at radius 1 is 1.30 bits per heavy atom. The van der Waals surface area contributed by atoms with Gasteiger partial charge >= 0.3 is 5.97 Å². The molecule has 0 aliphatic carbocycles. The summed E-state index contributed by atoms with van der Waals surface area (Å²) in [6.45, 7) is 0.133. The lowest BCUT2D eigenvalue weighted by Gasteiger charge is -2.05. The highest BCUT2D eigenvalue weighted by molar-refractivity contribution is 7.12. The zero-order valence-electron chi connectivity index (χ0n) is 10.2. The van der Waals surface area contributed by atoms with Gasteiger partial charge in [-0.2, -0.15) is 0 Å². The highest BCUT2D eigenvalue weighted by atomic mass is 32.1. The molecule has 1 heterocycles. The number of thiophene rings is 1. The Bertz CT molecular complexity index is 650. The molecular weight excluding hydrogens is 286 g/mol. The zero-order valence-corrected chi connectivity index (χ0v) is 11.0. The van der Waals surface area contributed by atoms with Crippen molar-refractivity contribution in [1.29, 1.82) is 0 Å². The molecule has 0 radical (unpaired) electrons. The average molecular weight is 296 g/mol. The first-order valence-electron chi connectivity index (χ1n) is 5.62. The van der Waals surface area contributed by atoms with Crippen LogP contribution in [0.1, 0.15) is 9.75 Å². The molecule has 6 heteroatoms. The van der Waals surface area contributed by atoms with Crippen molar-refractivity contribution in [2.24, 2.45) is 0 Å². The van der Waals surface area contributed by atoms with E-state index in [9.17, 15) is 13.6 Å². The summed E-state index contributed by atoms with van der Waals surface area (Å²) in [7, 11) is 0. The Balaban J connectivity index is 1.99. The molecule has 1 aromatic carbocycles. The maximum atomic E-state index is 13.3. The Morgan fingerprint density at radius 2 is 2.10 bits per heavy atom. The maximum Gasteiger partial charge on any atom is 0.328 e. The number of halogens is 2. The summed E-state index contributed by atoms with van der Waals surface area (Å²) in [6.07, 6.45) is 2.51. The molecular formula is C14H10F2O3S. The van der Waals surface area contributed by atoms with E-state index in [0.29, 0.717) is 0 Å². The highest BCUT2D eigenvalue weighted by Crippen LogP contribution is 2.22. The van der Waals surface area contributed by atoms with Crippen LogP contribution in [0, 0.1) is 11.6 Å². The van der Waals surface area contributed by atoms with Gasteiger partial charge in [-0.3, -0.25) is 0 Å². The fraction of sp³-hybridized carbons (Fsp3) is 0.0714. The second-order valence-corrected chi connectivity index (χ2v) is 5.04. The zero-order chi connectivity index (χ0) is 14.5. The van der Waals surface area contributed by atoms with E-state index in [1.165, 1.54) is 23.5 Å². The van der Waals surface area contributed by atoms with E-state index in [1.807, 2.05) is 0 Å². The van der Waals surface area contributed by atoms with Gasteiger partial charge in [0.25, 0.3) is 0 Å². The van der Waals surface area contributed by atoms with E-state index in [4.69, 9.17) is 9.84 Å². The number of hydrogen-bond donors (Lipinski definition) is 1. The first-order chi connectivity index (χ1) is 9.54. The van der Waals surface area contributed by atoms with Crippen molar-refractivity contribution in [2.75, 3.05) is 0 Å². The summed E-state index contributed by atoms with van der Waals surface area (Å²) in [5, 5.41) is 8.51. The van der Waals surface area contributed by atoms with Gasteiger partial charge in [0.15, 0.2) is 11.6 Å². The largest absolute Gasteiger partial charge is 0.485 e. The van der Waals surface area contributed by atoms with Crippen molar-refractivity contribution in [2.45, 2.75) is 6.61 Å². The minimum absolute atomic E-state index is 0.0255. The Kier molecular flexibility index (Phi) is 4.47. The molecule has 0 atom stereocenters. The summed E-state index contributed by atoms with van der Waals surface area (Å²) in [5.74, 6) is -2.47. The van der Waals surface area contributed by atoms with E-state index in [2.05, 4.69) is 0 Å². The van der Waals surface area contributed by atoms with Gasteiger partial charge in [0, 0.05) is 21.9 Å². The van der Waals surface area contributed by atoms with Crippen LogP contribution in [0.4, 0.5) is 8.78 Å². The van der Waals surface area contributed by atoms with Gasteiger partial charge in [-0.15, -0.1) is 11.3 Å². The van der Waals surface area contributed by atoms with Gasteiger partial charge in [0.2, 0.25) is 0 Å². The highest BCUT2D eigenvalue weighted by Gasteiger charge is 2.06. The molecule has 0 aliphatic heterocycles. The summed E-state index contributed by atoms with van der Waals surface area (Å²) < 4.78 is 31.3. The lowest BCUT2D eigenvalue weighted by molar-refractivity contribution is -0.131. The first-order valence-corrected chi connectivity index (χ1v) is 6.44. The van der Waals surface area contributed by atoms with E-state index < -0.39 is 17.6 Å². The second-order valence-electron chi connectivity index (χ2n) is 3.84. The number of benzene rings is 1. The predicted molar refractivity (Wildman–Crippen MR) is 71.7 cm³/mol. The number of hydrogen-bond acceptors (Lipinski definition) is 3. The monoisotopic (exact) mass is 296 g/mol. The van der Waals surface area contributed by atoms with Gasteiger partial charge in [0.05, 0.1) is 0 Å². The molecule has 0 saturated carbocycles. The van der Waals surface area contributed by atoms with Crippen molar-refractivity contribution in [3.63, 3.8) is 0 Å². The summed E-state index contributed by atoms with van der Waals surface area (Å²) in [4.78, 5) is 11.9. The van der Waals surface area contributed by atoms with E-state index >= 15 is 0 Å². The van der Waals surface area contributed by atoms with Crippen LogP contribution in [0.3, 0.4) is 0 Å². The van der Waals surface area contributed by atoms with Crippen molar-refractivity contribution >= 4 is 23.4 Å². The van der Waals surface area contributed by atoms with Crippen LogP contribution in [0.25, 0.3) is 6.08 Å². The number of carboxylic acid groups (broad SMARTS) is 1. The van der Waals surface area contributed by atoms with Crippen molar-refractivity contribution < 1.29 is 23.4 Å². The van der Waals surface area contributed by atoms with Crippen molar-refractivity contribution in [1.82, 2.24) is 0 Å². The third-order valence-corrected chi connectivity index (χ3v) is 3.36. The Morgan fingerprint density at radius 3 is 2.80 bits per heavy atom. The maximum absolute atomic E-state index is 13.3. The number of ether oxygens (including phenoxy) is 1. The third kappa shape index (κ3) is 3.89. The Labute approximate surface area is 117 Å². The minimum Gasteiger partial charge on any atom is -0.485 e. The predicted octanol–water partition coefficient (Wildman–Crippen LogP) is 3.70. The molecule has 3 nitrogen and oxygen atoms in total. The molecule has 0 spiro atoms. The van der Waals surface area contributed by atoms with Gasteiger partial charge in [-0.05, 0) is 30.3 Å². The molecule has 0 unspecified atom stereocenters. The van der Waals surface area contributed by atoms with E-state index in [1.54, 1.807) is 12.1 Å². The van der Waals surface area contributed by atoms with Gasteiger partial charge < -0.3 is 9.84 Å². The molecule has 0 fully saturated rings. The number of carbonyl (C=O) groups is 1. The molecule has 0 aliphatic rings. The molecule has 0 saturated heterocycles. The summed E-state index contributed by atoms with van der Waals surface area (Å²) >= 11 is 1.33. The van der Waals surface area contributed by atoms with Crippen LogP contribution in [0.15, 0.2) is 36.4 Å². The SMILES string of the molecule is O=C(O)C=Cc1ccc(COc2ccc(F)cc2F)s1. The number of aliphatic carboxylic acids is 1.